The van der Waals surface area contributed by atoms with Crippen LogP contribution in [0, 0.1) is 0 Å². The zero-order chi connectivity index (χ0) is 10.9. The van der Waals surface area contributed by atoms with Crippen LogP contribution in [0.2, 0.25) is 0 Å². The molecule has 0 aromatic rings. The maximum Gasteiger partial charge on any atom is 0.344 e. The van der Waals surface area contributed by atoms with Gasteiger partial charge in [-0.3, -0.25) is 9.10 Å². The molecule has 78 valence electrons. The maximum atomic E-state index is 11.3. The van der Waals surface area contributed by atoms with Crippen molar-refractivity contribution in [2.24, 2.45) is 4.40 Å². The van der Waals surface area contributed by atoms with E-state index in [9.17, 15) is 13.2 Å². The predicted molar refractivity (Wildman–Crippen MR) is 50.0 cm³/mol. The molecule has 0 spiro atoms. The van der Waals surface area contributed by atoms with Crippen molar-refractivity contribution in [2.45, 2.75) is 6.92 Å². The molecule has 0 aromatic heterocycles. The highest BCUT2D eigenvalue weighted by Gasteiger charge is 2.27. The van der Waals surface area contributed by atoms with Crippen LogP contribution < -0.4 is 0 Å². The monoisotopic (exact) mass is 218 g/mol. The number of likely N-dealkylation sites (N-methyl/N-ethyl adjacent to an activating group) is 1. The van der Waals surface area contributed by atoms with Crippen LogP contribution in [0.15, 0.2) is 16.2 Å². The van der Waals surface area contributed by atoms with Gasteiger partial charge in [0.1, 0.15) is 12.3 Å². The molecule has 1 aliphatic rings. The molecule has 0 aliphatic carbocycles. The number of hydrogen-bond acceptors (Lipinski definition) is 4. The summed E-state index contributed by atoms with van der Waals surface area (Å²) in [7, 11) is -2.58. The van der Waals surface area contributed by atoms with Gasteiger partial charge in [-0.25, -0.2) is 0 Å². The van der Waals surface area contributed by atoms with Gasteiger partial charge in [-0.2, -0.15) is 8.42 Å². The molecule has 0 saturated carbocycles. The fourth-order valence-corrected chi connectivity index (χ4v) is 1.96. The first kappa shape index (κ1) is 10.9. The lowest BCUT2D eigenvalue weighted by atomic mass is 10.2. The first-order valence-electron chi connectivity index (χ1n) is 3.79. The second kappa shape index (κ2) is 3.50. The summed E-state index contributed by atoms with van der Waals surface area (Å²) < 4.78 is 26.7. The minimum absolute atomic E-state index is 0.0694. The zero-order valence-electron chi connectivity index (χ0n) is 7.76. The molecule has 0 fully saturated rings. The van der Waals surface area contributed by atoms with E-state index in [1.54, 1.807) is 0 Å². The van der Waals surface area contributed by atoms with Gasteiger partial charge in [-0.15, -0.1) is 4.40 Å². The lowest BCUT2D eigenvalue weighted by Crippen LogP contribution is -2.33. The number of nitrogens with zero attached hydrogens (tertiary/aromatic N) is 2. The Morgan fingerprint density at radius 2 is 2.21 bits per heavy atom. The number of carbonyl (C=O) groups excluding carboxylic acids is 1. The summed E-state index contributed by atoms with van der Waals surface area (Å²) in [6.45, 7) is 0.744. The summed E-state index contributed by atoms with van der Waals surface area (Å²) in [6, 6.07) is 0. The van der Waals surface area contributed by atoms with E-state index in [-0.39, 0.29) is 11.4 Å². The molecule has 0 bridgehead atoms. The summed E-state index contributed by atoms with van der Waals surface area (Å²) in [5.41, 5.74) is 0.153. The van der Waals surface area contributed by atoms with Crippen LogP contribution in [0.3, 0.4) is 0 Å². The van der Waals surface area contributed by atoms with Gasteiger partial charge in [0.05, 0.1) is 5.71 Å². The van der Waals surface area contributed by atoms with Crippen molar-refractivity contribution in [2.75, 3.05) is 13.7 Å². The van der Waals surface area contributed by atoms with E-state index in [0.29, 0.717) is 0 Å². The Morgan fingerprint density at radius 3 is 2.71 bits per heavy atom. The third-order valence-electron chi connectivity index (χ3n) is 1.72. The number of allylic oxidation sites excluding steroid dienone is 1. The van der Waals surface area contributed by atoms with E-state index in [2.05, 4.69) is 4.40 Å². The number of aliphatic hydroxyl groups is 1. The average molecular weight is 218 g/mol. The van der Waals surface area contributed by atoms with E-state index in [0.717, 1.165) is 4.31 Å². The topological polar surface area (TPSA) is 87.0 Å². The number of Topliss-reactive ketones (excluding diaryl/α,β-unsaturated/α-hetero) is 1. The number of rotatable bonds is 2. The van der Waals surface area contributed by atoms with Crippen molar-refractivity contribution in [1.82, 2.24) is 4.31 Å². The Morgan fingerprint density at radius 1 is 1.64 bits per heavy atom. The van der Waals surface area contributed by atoms with Gasteiger partial charge in [0.2, 0.25) is 5.78 Å². The van der Waals surface area contributed by atoms with Gasteiger partial charge in [0.15, 0.2) is 0 Å². The Hall–Kier alpha value is -1.21. The van der Waals surface area contributed by atoms with Gasteiger partial charge >= 0.3 is 10.2 Å². The Labute approximate surface area is 81.7 Å². The van der Waals surface area contributed by atoms with Crippen molar-refractivity contribution in [3.63, 3.8) is 0 Å². The van der Waals surface area contributed by atoms with Crippen LogP contribution >= 0.6 is 0 Å². The van der Waals surface area contributed by atoms with Crippen molar-refractivity contribution >= 4 is 21.7 Å². The second-order valence-electron chi connectivity index (χ2n) is 2.79. The lowest BCUT2D eigenvalue weighted by molar-refractivity contribution is -0.119. The van der Waals surface area contributed by atoms with Crippen LogP contribution in [0.1, 0.15) is 6.92 Å². The molecule has 1 rings (SSSR count). The molecule has 6 nitrogen and oxygen atoms in total. The number of hydrogen-bond donors (Lipinski definition) is 1. The first-order chi connectivity index (χ1) is 6.38. The SMILES string of the molecule is CC1=NS(=O)(=O)N(C)C(C(=O)CO)=C1. The molecule has 0 amide bonds. The second-order valence-corrected chi connectivity index (χ2v) is 4.41. The molecule has 0 radical (unpaired) electrons. The molecule has 0 saturated heterocycles. The summed E-state index contributed by atoms with van der Waals surface area (Å²) in [6.07, 6.45) is 1.32. The van der Waals surface area contributed by atoms with Gasteiger partial charge in [0, 0.05) is 7.05 Å². The molecular weight excluding hydrogens is 208 g/mol. The normalized spacial score (nSPS) is 20.1. The van der Waals surface area contributed by atoms with E-state index in [1.807, 2.05) is 0 Å². The smallest absolute Gasteiger partial charge is 0.344 e. The molecule has 0 aromatic carbocycles. The molecular formula is C7H10N2O4S. The summed E-state index contributed by atoms with van der Waals surface area (Å²) in [5, 5.41) is 8.61. The van der Waals surface area contributed by atoms with Crippen molar-refractivity contribution in [3.8, 4) is 0 Å². The summed E-state index contributed by atoms with van der Waals surface area (Å²) in [4.78, 5) is 11.1. The molecule has 0 unspecified atom stereocenters. The highest BCUT2D eigenvalue weighted by molar-refractivity contribution is 7.88. The lowest BCUT2D eigenvalue weighted by Gasteiger charge is -2.21. The van der Waals surface area contributed by atoms with E-state index in [4.69, 9.17) is 5.11 Å². The minimum atomic E-state index is -3.79. The van der Waals surface area contributed by atoms with Crippen molar-refractivity contribution < 1.29 is 18.3 Å². The average Bonchev–Trinajstić information content (AvgIpc) is 2.09. The molecule has 1 aliphatic heterocycles. The zero-order valence-corrected chi connectivity index (χ0v) is 8.58. The molecule has 1 heterocycles. The molecule has 0 atom stereocenters. The van der Waals surface area contributed by atoms with Gasteiger partial charge < -0.3 is 5.11 Å². The summed E-state index contributed by atoms with van der Waals surface area (Å²) >= 11 is 0. The van der Waals surface area contributed by atoms with Crippen LogP contribution in [0.5, 0.6) is 0 Å². The summed E-state index contributed by atoms with van der Waals surface area (Å²) in [5.74, 6) is -0.648. The van der Waals surface area contributed by atoms with Crippen LogP contribution in [-0.4, -0.2) is 43.0 Å². The predicted octanol–water partition coefficient (Wildman–Crippen LogP) is -0.917. The number of aliphatic hydroxyl groups excluding tert-OH is 1. The minimum Gasteiger partial charge on any atom is -0.388 e. The fraction of sp³-hybridized carbons (Fsp3) is 0.429. The highest BCUT2D eigenvalue weighted by Crippen LogP contribution is 2.16. The standard InChI is InChI=1S/C7H10N2O4S/c1-5-3-6(7(11)4-10)9(2)14(12,13)8-5/h3,10H,4H2,1-2H3. The third kappa shape index (κ3) is 1.83. The van der Waals surface area contributed by atoms with Gasteiger partial charge in [-0.1, -0.05) is 0 Å². The highest BCUT2D eigenvalue weighted by atomic mass is 32.2. The molecule has 14 heavy (non-hydrogen) atoms. The third-order valence-corrected chi connectivity index (χ3v) is 3.13. The Kier molecular flexibility index (Phi) is 2.72. The number of carbonyl (C=O) groups is 1. The van der Waals surface area contributed by atoms with Gasteiger partial charge in [-0.05, 0) is 13.0 Å². The van der Waals surface area contributed by atoms with Crippen LogP contribution in [0.25, 0.3) is 0 Å². The Balaban J connectivity index is 3.21. The van der Waals surface area contributed by atoms with E-state index >= 15 is 0 Å². The maximum absolute atomic E-state index is 11.3. The Bertz CT molecular complexity index is 421. The van der Waals surface area contributed by atoms with Gasteiger partial charge in [0.25, 0.3) is 0 Å². The van der Waals surface area contributed by atoms with Crippen LogP contribution in [-0.2, 0) is 15.0 Å². The van der Waals surface area contributed by atoms with Crippen molar-refractivity contribution in [1.29, 1.82) is 0 Å². The largest absolute Gasteiger partial charge is 0.388 e. The fourth-order valence-electron chi connectivity index (χ4n) is 1.02. The van der Waals surface area contributed by atoms with E-state index < -0.39 is 22.6 Å². The van der Waals surface area contributed by atoms with Crippen LogP contribution in [0.4, 0.5) is 0 Å². The first-order valence-corrected chi connectivity index (χ1v) is 5.19. The number of ketones is 1. The molecule has 1 N–H and O–H groups in total. The van der Waals surface area contributed by atoms with Crippen molar-refractivity contribution in [3.05, 3.63) is 11.8 Å². The van der Waals surface area contributed by atoms with E-state index in [1.165, 1.54) is 20.0 Å². The molecule has 7 heteroatoms. The quantitative estimate of drug-likeness (QED) is 0.649.